The van der Waals surface area contributed by atoms with Gasteiger partial charge in [0, 0.05) is 17.3 Å². The number of aryl methyl sites for hydroxylation is 1. The van der Waals surface area contributed by atoms with Crippen LogP contribution in [0.25, 0.3) is 0 Å². The first-order valence-electron chi connectivity index (χ1n) is 10.2. The van der Waals surface area contributed by atoms with Crippen molar-refractivity contribution in [3.8, 4) is 5.75 Å². The van der Waals surface area contributed by atoms with Crippen LogP contribution in [0.3, 0.4) is 0 Å². The van der Waals surface area contributed by atoms with E-state index < -0.39 is 0 Å². The van der Waals surface area contributed by atoms with Crippen LogP contribution in [0.5, 0.6) is 5.75 Å². The van der Waals surface area contributed by atoms with Crippen molar-refractivity contribution in [1.82, 2.24) is 10.3 Å². The summed E-state index contributed by atoms with van der Waals surface area (Å²) < 4.78 is 5.84. The van der Waals surface area contributed by atoms with Crippen molar-refractivity contribution in [3.63, 3.8) is 0 Å². The van der Waals surface area contributed by atoms with E-state index in [1.807, 2.05) is 49.4 Å². The van der Waals surface area contributed by atoms with Gasteiger partial charge in [0.1, 0.15) is 16.4 Å². The molecule has 1 aliphatic rings. The van der Waals surface area contributed by atoms with E-state index in [1.165, 1.54) is 24.2 Å². The van der Waals surface area contributed by atoms with Gasteiger partial charge in [-0.1, -0.05) is 35.1 Å². The lowest BCUT2D eigenvalue weighted by Crippen LogP contribution is -2.23. The highest BCUT2D eigenvalue weighted by atomic mass is 32.1. The fourth-order valence-electron chi connectivity index (χ4n) is 3.55. The Morgan fingerprint density at radius 1 is 1.30 bits per heavy atom. The molecule has 7 heteroatoms. The number of nitrogens with one attached hydrogen (secondary N) is 2. The van der Waals surface area contributed by atoms with Crippen molar-refractivity contribution in [2.75, 3.05) is 24.2 Å². The Kier molecular flexibility index (Phi) is 6.30. The fraction of sp³-hybridized carbons (Fsp3) is 0.304. The van der Waals surface area contributed by atoms with Gasteiger partial charge in [-0.3, -0.25) is 4.79 Å². The Morgan fingerprint density at radius 3 is 2.87 bits per heavy atom. The lowest BCUT2D eigenvalue weighted by Gasteiger charge is -2.11. The number of rotatable bonds is 8. The van der Waals surface area contributed by atoms with Crippen LogP contribution >= 0.6 is 11.3 Å². The van der Waals surface area contributed by atoms with Gasteiger partial charge in [0.05, 0.1) is 6.61 Å². The minimum absolute atomic E-state index is 0.109. The second-order valence-electron chi connectivity index (χ2n) is 7.51. The van der Waals surface area contributed by atoms with E-state index in [2.05, 4.69) is 15.6 Å². The molecule has 6 nitrogen and oxygen atoms in total. The maximum Gasteiger partial charge on any atom is 0.206 e. The van der Waals surface area contributed by atoms with Crippen LogP contribution in [-0.4, -0.2) is 30.0 Å². The summed E-state index contributed by atoms with van der Waals surface area (Å²) in [5.41, 5.74) is 8.53. The minimum Gasteiger partial charge on any atom is -0.494 e. The number of aromatic nitrogens is 1. The number of nitrogens with two attached hydrogens (primary N) is 1. The summed E-state index contributed by atoms with van der Waals surface area (Å²) in [6, 6.07) is 15.8. The molecule has 0 spiro atoms. The van der Waals surface area contributed by atoms with Crippen molar-refractivity contribution in [1.29, 1.82) is 0 Å². The van der Waals surface area contributed by atoms with E-state index in [9.17, 15) is 4.79 Å². The third-order valence-corrected chi connectivity index (χ3v) is 6.13. The van der Waals surface area contributed by atoms with Gasteiger partial charge < -0.3 is 21.1 Å². The monoisotopic (exact) mass is 422 g/mol. The first-order valence-corrected chi connectivity index (χ1v) is 11.0. The standard InChI is InChI=1S/C23H26N4O2S/c1-15-4-2-5-16(14-15)20(28)21-22(24)27-23(30-21)26-18-7-9-19(10-8-18)29-13-11-17-6-3-12-25-17/h2,4-5,7-10,14,17,25H,3,6,11-13,24H2,1H3,(H,26,27). The predicted octanol–water partition coefficient (Wildman–Crippen LogP) is 4.53. The van der Waals surface area contributed by atoms with E-state index in [0.29, 0.717) is 28.2 Å². The molecule has 3 aromatic rings. The number of carbonyl (C=O) groups excluding carboxylic acids is 1. The summed E-state index contributed by atoms with van der Waals surface area (Å²) >= 11 is 1.26. The predicted molar refractivity (Wildman–Crippen MR) is 122 cm³/mol. The van der Waals surface area contributed by atoms with Crippen LogP contribution in [-0.2, 0) is 0 Å². The quantitative estimate of drug-likeness (QED) is 0.462. The van der Waals surface area contributed by atoms with Gasteiger partial charge in [0.2, 0.25) is 5.78 Å². The van der Waals surface area contributed by atoms with E-state index in [4.69, 9.17) is 10.5 Å². The Labute approximate surface area is 180 Å². The zero-order chi connectivity index (χ0) is 20.9. The SMILES string of the molecule is Cc1cccc(C(=O)c2sc(Nc3ccc(OCCC4CCCN4)cc3)nc2N)c1. The maximum atomic E-state index is 12.8. The molecule has 1 aliphatic heterocycles. The second kappa shape index (κ2) is 9.28. The highest BCUT2D eigenvalue weighted by Gasteiger charge is 2.18. The summed E-state index contributed by atoms with van der Waals surface area (Å²) in [6.45, 7) is 3.78. The topological polar surface area (TPSA) is 89.3 Å². The molecule has 1 unspecified atom stereocenters. The van der Waals surface area contributed by atoms with Crippen molar-refractivity contribution < 1.29 is 9.53 Å². The molecule has 4 rings (SSSR count). The van der Waals surface area contributed by atoms with E-state index in [-0.39, 0.29) is 11.6 Å². The van der Waals surface area contributed by atoms with Crippen molar-refractivity contribution in [3.05, 3.63) is 64.5 Å². The van der Waals surface area contributed by atoms with Crippen LogP contribution in [0.1, 0.15) is 40.1 Å². The van der Waals surface area contributed by atoms with E-state index in [0.717, 1.165) is 30.0 Å². The molecule has 2 aromatic carbocycles. The Morgan fingerprint density at radius 2 is 2.13 bits per heavy atom. The van der Waals surface area contributed by atoms with Gasteiger partial charge in [0.15, 0.2) is 5.13 Å². The number of benzene rings is 2. The number of hydrogen-bond acceptors (Lipinski definition) is 7. The molecule has 0 aliphatic carbocycles. The summed E-state index contributed by atoms with van der Waals surface area (Å²) in [7, 11) is 0. The lowest BCUT2D eigenvalue weighted by molar-refractivity contribution is 0.104. The molecule has 156 valence electrons. The summed E-state index contributed by atoms with van der Waals surface area (Å²) in [5, 5.41) is 7.28. The molecule has 0 radical (unpaired) electrons. The first-order chi connectivity index (χ1) is 14.6. The Bertz CT molecular complexity index is 1010. The van der Waals surface area contributed by atoms with Gasteiger partial charge in [-0.15, -0.1) is 0 Å². The van der Waals surface area contributed by atoms with Crippen LogP contribution in [0.4, 0.5) is 16.6 Å². The zero-order valence-electron chi connectivity index (χ0n) is 17.0. The zero-order valence-corrected chi connectivity index (χ0v) is 17.8. The third-order valence-electron chi connectivity index (χ3n) is 5.14. The summed E-state index contributed by atoms with van der Waals surface area (Å²) in [5.74, 6) is 0.976. The minimum atomic E-state index is -0.109. The molecule has 4 N–H and O–H groups in total. The van der Waals surface area contributed by atoms with E-state index in [1.54, 1.807) is 6.07 Å². The number of nitrogen functional groups attached to an aromatic ring is 1. The Hall–Kier alpha value is -2.90. The maximum absolute atomic E-state index is 12.8. The summed E-state index contributed by atoms with van der Waals surface area (Å²) in [6.07, 6.45) is 3.51. The number of anilines is 3. The Balaban J connectivity index is 1.36. The molecule has 0 amide bonds. The number of nitrogens with zero attached hydrogens (tertiary/aromatic N) is 1. The molecular formula is C23H26N4O2S. The molecule has 1 saturated heterocycles. The highest BCUT2D eigenvalue weighted by molar-refractivity contribution is 7.18. The fourth-order valence-corrected chi connectivity index (χ4v) is 4.41. The first kappa shape index (κ1) is 20.4. The van der Waals surface area contributed by atoms with Crippen molar-refractivity contribution in [2.24, 2.45) is 0 Å². The van der Waals surface area contributed by atoms with Gasteiger partial charge in [-0.2, -0.15) is 0 Å². The molecule has 1 atom stereocenters. The number of thiazole rings is 1. The van der Waals surface area contributed by atoms with Crippen LogP contribution < -0.4 is 21.1 Å². The van der Waals surface area contributed by atoms with Crippen LogP contribution in [0.15, 0.2) is 48.5 Å². The second-order valence-corrected chi connectivity index (χ2v) is 8.51. The third kappa shape index (κ3) is 4.98. The molecule has 2 heterocycles. The van der Waals surface area contributed by atoms with Gasteiger partial charge >= 0.3 is 0 Å². The molecular weight excluding hydrogens is 396 g/mol. The van der Waals surface area contributed by atoms with Gasteiger partial charge in [0.25, 0.3) is 0 Å². The molecule has 1 fully saturated rings. The van der Waals surface area contributed by atoms with E-state index >= 15 is 0 Å². The molecule has 0 bridgehead atoms. The number of ketones is 1. The highest BCUT2D eigenvalue weighted by Crippen LogP contribution is 2.30. The van der Waals surface area contributed by atoms with Crippen LogP contribution in [0.2, 0.25) is 0 Å². The average molecular weight is 423 g/mol. The van der Waals surface area contributed by atoms with Crippen LogP contribution in [0, 0.1) is 6.92 Å². The lowest BCUT2D eigenvalue weighted by atomic mass is 10.1. The number of ether oxygens (including phenoxy) is 1. The molecule has 1 aromatic heterocycles. The van der Waals surface area contributed by atoms with Gasteiger partial charge in [-0.25, -0.2) is 4.98 Å². The number of hydrogen-bond donors (Lipinski definition) is 3. The van der Waals surface area contributed by atoms with Gasteiger partial charge in [-0.05, 0) is 63.1 Å². The largest absolute Gasteiger partial charge is 0.494 e. The summed E-state index contributed by atoms with van der Waals surface area (Å²) in [4.78, 5) is 17.5. The van der Waals surface area contributed by atoms with Crippen molar-refractivity contribution >= 4 is 33.8 Å². The van der Waals surface area contributed by atoms with Crippen molar-refractivity contribution in [2.45, 2.75) is 32.2 Å². The molecule has 0 saturated carbocycles. The normalized spacial score (nSPS) is 15.8. The average Bonchev–Trinajstić information content (AvgIpc) is 3.38. The number of carbonyl (C=O) groups is 1. The smallest absolute Gasteiger partial charge is 0.206 e. The molecule has 30 heavy (non-hydrogen) atoms.